The number of rotatable bonds is 16. The van der Waals surface area contributed by atoms with E-state index in [-0.39, 0.29) is 25.7 Å². The molecule has 0 unspecified atom stereocenters. The molecular formula is C17H34N6O5. The minimum absolute atomic E-state index is 0.0507. The van der Waals surface area contributed by atoms with Crippen LogP contribution in [-0.2, 0) is 19.2 Å². The fraction of sp³-hybridized carbons (Fsp3) is 0.765. The minimum atomic E-state index is -1.16. The van der Waals surface area contributed by atoms with Gasteiger partial charge in [0.25, 0.3) is 0 Å². The number of nitrogens with one attached hydrogen (secondary N) is 2. The lowest BCUT2D eigenvalue weighted by Gasteiger charge is -2.23. The molecule has 0 radical (unpaired) electrons. The highest BCUT2D eigenvalue weighted by Gasteiger charge is 2.27. The average molecular weight is 402 g/mol. The summed E-state index contributed by atoms with van der Waals surface area (Å²) in [5, 5.41) is 14.3. The first-order valence-electron chi connectivity index (χ1n) is 9.50. The Labute approximate surface area is 164 Å². The molecule has 0 bridgehead atoms. The molecule has 0 saturated heterocycles. The molecule has 11 N–H and O–H groups in total. The first kappa shape index (κ1) is 25.8. The Morgan fingerprint density at radius 1 is 0.786 bits per heavy atom. The molecule has 0 aromatic carbocycles. The molecule has 0 aromatic rings. The van der Waals surface area contributed by atoms with Crippen LogP contribution in [0.1, 0.15) is 51.4 Å². The molecule has 0 spiro atoms. The van der Waals surface area contributed by atoms with Crippen molar-refractivity contribution in [1.82, 2.24) is 10.6 Å². The summed E-state index contributed by atoms with van der Waals surface area (Å²) in [5.74, 6) is -2.95. The number of carboxylic acids is 1. The van der Waals surface area contributed by atoms with E-state index in [1.165, 1.54) is 0 Å². The standard InChI is InChI=1S/C17H34N6O5/c18-9-3-1-5-12(22-15(25)11(20)7-8-14(21)24)16(26)23-13(17(27)28)6-2-4-10-19/h11-13H,1-10,18-20H2,(H2,21,24)(H,22,25)(H,23,26)(H,27,28)/t11-,12-,13-/m0/s1. The van der Waals surface area contributed by atoms with Crippen LogP contribution in [0.5, 0.6) is 0 Å². The first-order valence-corrected chi connectivity index (χ1v) is 9.50. The van der Waals surface area contributed by atoms with Gasteiger partial charge in [0.2, 0.25) is 17.7 Å². The number of nitrogens with two attached hydrogens (primary N) is 4. The van der Waals surface area contributed by atoms with Gasteiger partial charge in [-0.05, 0) is 58.0 Å². The molecule has 0 heterocycles. The third-order valence-electron chi connectivity index (χ3n) is 4.18. The fourth-order valence-corrected chi connectivity index (χ4v) is 2.49. The van der Waals surface area contributed by atoms with Crippen molar-refractivity contribution in [2.75, 3.05) is 13.1 Å². The highest BCUT2D eigenvalue weighted by molar-refractivity contribution is 5.91. The van der Waals surface area contributed by atoms with Gasteiger partial charge in [0.05, 0.1) is 6.04 Å². The summed E-state index contributed by atoms with van der Waals surface area (Å²) in [6.45, 7) is 0.860. The SMILES string of the molecule is NCCCC[C@H](NC(=O)[C@H](CCCCN)NC(=O)[C@@H](N)CCC(N)=O)C(=O)O. The second-order valence-corrected chi connectivity index (χ2v) is 6.64. The zero-order valence-corrected chi connectivity index (χ0v) is 16.2. The summed E-state index contributed by atoms with van der Waals surface area (Å²) in [5.41, 5.74) is 21.6. The van der Waals surface area contributed by atoms with Gasteiger partial charge < -0.3 is 38.7 Å². The van der Waals surface area contributed by atoms with Gasteiger partial charge in [-0.2, -0.15) is 0 Å². The lowest BCUT2D eigenvalue weighted by atomic mass is 10.0. The van der Waals surface area contributed by atoms with E-state index >= 15 is 0 Å². The van der Waals surface area contributed by atoms with Crippen molar-refractivity contribution in [3.63, 3.8) is 0 Å². The Kier molecular flexibility index (Phi) is 13.6. The quantitative estimate of drug-likeness (QED) is 0.141. The van der Waals surface area contributed by atoms with Crippen molar-refractivity contribution in [3.8, 4) is 0 Å². The lowest BCUT2D eigenvalue weighted by molar-refractivity contribution is -0.142. The molecule has 0 rings (SSSR count). The van der Waals surface area contributed by atoms with E-state index in [1.54, 1.807) is 0 Å². The summed E-state index contributed by atoms with van der Waals surface area (Å²) in [6.07, 6.45) is 2.92. The summed E-state index contributed by atoms with van der Waals surface area (Å²) >= 11 is 0. The smallest absolute Gasteiger partial charge is 0.326 e. The molecule has 0 aromatic heterocycles. The third-order valence-corrected chi connectivity index (χ3v) is 4.18. The van der Waals surface area contributed by atoms with Crippen LogP contribution >= 0.6 is 0 Å². The predicted molar refractivity (Wildman–Crippen MR) is 104 cm³/mol. The second-order valence-electron chi connectivity index (χ2n) is 6.64. The summed E-state index contributed by atoms with van der Waals surface area (Å²) < 4.78 is 0. The topological polar surface area (TPSA) is 217 Å². The predicted octanol–water partition coefficient (Wildman–Crippen LogP) is -2.11. The molecule has 11 nitrogen and oxygen atoms in total. The Hall–Kier alpha value is -2.24. The number of primary amides is 1. The van der Waals surface area contributed by atoms with E-state index in [1.807, 2.05) is 0 Å². The molecule has 3 amide bonds. The molecule has 0 aliphatic heterocycles. The van der Waals surface area contributed by atoms with Crippen molar-refractivity contribution < 1.29 is 24.3 Å². The van der Waals surface area contributed by atoms with Crippen molar-refractivity contribution in [3.05, 3.63) is 0 Å². The molecule has 3 atom stereocenters. The van der Waals surface area contributed by atoms with Crippen LogP contribution in [0.15, 0.2) is 0 Å². The molecule has 162 valence electrons. The van der Waals surface area contributed by atoms with Gasteiger partial charge in [-0.25, -0.2) is 4.79 Å². The molecule has 11 heteroatoms. The van der Waals surface area contributed by atoms with Crippen LogP contribution in [0, 0.1) is 0 Å². The molecule has 0 aliphatic rings. The van der Waals surface area contributed by atoms with Crippen LogP contribution in [0.4, 0.5) is 0 Å². The van der Waals surface area contributed by atoms with Crippen LogP contribution in [-0.4, -0.2) is 60.0 Å². The van der Waals surface area contributed by atoms with E-state index in [0.717, 1.165) is 0 Å². The second kappa shape index (κ2) is 14.8. The van der Waals surface area contributed by atoms with E-state index in [4.69, 9.17) is 22.9 Å². The van der Waals surface area contributed by atoms with Crippen LogP contribution < -0.4 is 33.6 Å². The van der Waals surface area contributed by atoms with Gasteiger partial charge in [0.1, 0.15) is 12.1 Å². The first-order chi connectivity index (χ1) is 13.2. The van der Waals surface area contributed by atoms with Gasteiger partial charge in [-0.15, -0.1) is 0 Å². The summed E-state index contributed by atoms with van der Waals surface area (Å²) in [7, 11) is 0. The Morgan fingerprint density at radius 3 is 1.75 bits per heavy atom. The maximum Gasteiger partial charge on any atom is 0.326 e. The zero-order chi connectivity index (χ0) is 21.5. The number of hydrogen-bond acceptors (Lipinski definition) is 7. The van der Waals surface area contributed by atoms with E-state index < -0.39 is 41.8 Å². The van der Waals surface area contributed by atoms with Gasteiger partial charge in [-0.3, -0.25) is 14.4 Å². The number of amides is 3. The van der Waals surface area contributed by atoms with Crippen molar-refractivity contribution >= 4 is 23.7 Å². The number of carboxylic acid groups (broad SMARTS) is 1. The van der Waals surface area contributed by atoms with E-state index in [0.29, 0.717) is 38.8 Å². The number of hydrogen-bond donors (Lipinski definition) is 7. The maximum absolute atomic E-state index is 12.5. The Morgan fingerprint density at radius 2 is 1.29 bits per heavy atom. The molecule has 0 fully saturated rings. The van der Waals surface area contributed by atoms with Crippen LogP contribution in [0.25, 0.3) is 0 Å². The highest BCUT2D eigenvalue weighted by atomic mass is 16.4. The number of unbranched alkanes of at least 4 members (excludes halogenated alkanes) is 2. The highest BCUT2D eigenvalue weighted by Crippen LogP contribution is 2.06. The van der Waals surface area contributed by atoms with E-state index in [9.17, 15) is 24.3 Å². The Bertz CT molecular complexity index is 516. The van der Waals surface area contributed by atoms with Crippen molar-refractivity contribution in [1.29, 1.82) is 0 Å². The zero-order valence-electron chi connectivity index (χ0n) is 16.2. The molecule has 0 saturated carbocycles. The Balaban J connectivity index is 4.93. The minimum Gasteiger partial charge on any atom is -0.480 e. The van der Waals surface area contributed by atoms with E-state index in [2.05, 4.69) is 10.6 Å². The van der Waals surface area contributed by atoms with Gasteiger partial charge in [0.15, 0.2) is 0 Å². The molecule has 0 aliphatic carbocycles. The van der Waals surface area contributed by atoms with Gasteiger partial charge in [-0.1, -0.05) is 0 Å². The number of carbonyl (C=O) groups excluding carboxylic acids is 3. The van der Waals surface area contributed by atoms with Crippen molar-refractivity contribution in [2.24, 2.45) is 22.9 Å². The number of carbonyl (C=O) groups is 4. The van der Waals surface area contributed by atoms with Gasteiger partial charge >= 0.3 is 5.97 Å². The molecule has 28 heavy (non-hydrogen) atoms. The largest absolute Gasteiger partial charge is 0.480 e. The third kappa shape index (κ3) is 11.5. The lowest BCUT2D eigenvalue weighted by Crippen LogP contribution is -2.54. The average Bonchev–Trinajstić information content (AvgIpc) is 2.64. The monoisotopic (exact) mass is 402 g/mol. The fourth-order valence-electron chi connectivity index (χ4n) is 2.49. The maximum atomic E-state index is 12.5. The number of aliphatic carboxylic acids is 1. The summed E-state index contributed by atoms with van der Waals surface area (Å²) in [4.78, 5) is 47.0. The van der Waals surface area contributed by atoms with Gasteiger partial charge in [0, 0.05) is 6.42 Å². The molecular weight excluding hydrogens is 368 g/mol. The van der Waals surface area contributed by atoms with Crippen molar-refractivity contribution in [2.45, 2.75) is 69.5 Å². The van der Waals surface area contributed by atoms with Crippen LogP contribution in [0.3, 0.4) is 0 Å². The van der Waals surface area contributed by atoms with Crippen LogP contribution in [0.2, 0.25) is 0 Å². The normalized spacial score (nSPS) is 14.0. The summed E-state index contributed by atoms with van der Waals surface area (Å²) in [6, 6.07) is -3.02.